The van der Waals surface area contributed by atoms with Crippen LogP contribution in [0.15, 0.2) is 0 Å². The van der Waals surface area contributed by atoms with Crippen molar-refractivity contribution in [2.24, 2.45) is 0 Å². The topological polar surface area (TPSA) is 0 Å². The Morgan fingerprint density at radius 2 is 1.00 bits per heavy atom. The van der Waals surface area contributed by atoms with Crippen molar-refractivity contribution in [1.29, 1.82) is 0 Å². The second-order valence-electron chi connectivity index (χ2n) is 0. The molecule has 0 aliphatic rings. The monoisotopic (exact) mass is 195 g/mol. The SMILES string of the molecule is C.[AlH3].[B].[Ti].[Zr]. The van der Waals surface area contributed by atoms with Crippen molar-refractivity contribution >= 4 is 25.8 Å². The fraction of sp³-hybridized carbons (Fsp3) is 1.00. The van der Waals surface area contributed by atoms with Crippen LogP contribution >= 0.6 is 0 Å². The van der Waals surface area contributed by atoms with Gasteiger partial charge in [0.05, 0.1) is 0 Å². The van der Waals surface area contributed by atoms with Gasteiger partial charge < -0.3 is 0 Å². The smallest absolute Gasteiger partial charge is 0.0776 e. The van der Waals surface area contributed by atoms with Crippen LogP contribution in [0, 0.1) is 0 Å². The summed E-state index contributed by atoms with van der Waals surface area (Å²) in [6.45, 7) is 0. The Kier molecular flexibility index (Phi) is 398. The molecule has 0 heterocycles. The third kappa shape index (κ3) is 22.6. The van der Waals surface area contributed by atoms with E-state index in [2.05, 4.69) is 0 Å². The Morgan fingerprint density at radius 3 is 1.00 bits per heavy atom. The van der Waals surface area contributed by atoms with Gasteiger partial charge in [-0.3, -0.25) is 0 Å². The predicted molar refractivity (Wildman–Crippen MR) is 22.4 cm³/mol. The molecule has 0 atom stereocenters. The van der Waals surface area contributed by atoms with Crippen LogP contribution in [0.25, 0.3) is 0 Å². The van der Waals surface area contributed by atoms with Gasteiger partial charge in [-0.05, 0) is 0 Å². The van der Waals surface area contributed by atoms with Crippen molar-refractivity contribution in [3.05, 3.63) is 0 Å². The van der Waals surface area contributed by atoms with Crippen molar-refractivity contribution < 1.29 is 47.9 Å². The maximum atomic E-state index is 0. The summed E-state index contributed by atoms with van der Waals surface area (Å²) in [6.07, 6.45) is 0. The summed E-state index contributed by atoms with van der Waals surface area (Å²) in [6, 6.07) is 0. The zero-order valence-electron chi connectivity index (χ0n) is 1.58. The van der Waals surface area contributed by atoms with E-state index in [9.17, 15) is 0 Å². The quantitative estimate of drug-likeness (QED) is 0.439. The molecule has 0 aliphatic heterocycles. The van der Waals surface area contributed by atoms with Crippen LogP contribution in [0.1, 0.15) is 7.43 Å². The summed E-state index contributed by atoms with van der Waals surface area (Å²) < 4.78 is 0. The van der Waals surface area contributed by atoms with E-state index in [0.29, 0.717) is 0 Å². The minimum Gasteiger partial charge on any atom is -0.0776 e. The van der Waals surface area contributed by atoms with Crippen LogP contribution in [0.2, 0.25) is 0 Å². The standard InChI is InChI=1S/CH4.Al.B.Ti.Zr.3H/h1H4;;;;;;;. The summed E-state index contributed by atoms with van der Waals surface area (Å²) in [5.41, 5.74) is 0. The first-order valence-corrected chi connectivity index (χ1v) is 0. The van der Waals surface area contributed by atoms with Gasteiger partial charge in [-0.15, -0.1) is 0 Å². The zero-order chi connectivity index (χ0) is 0. The van der Waals surface area contributed by atoms with E-state index in [-0.39, 0.29) is 81.1 Å². The molecule has 0 bridgehead atoms. The molecule has 0 fully saturated rings. The minimum absolute atomic E-state index is 0. The molecular formula is CH7AlBTiZr. The first kappa shape index (κ1) is 57.3. The summed E-state index contributed by atoms with van der Waals surface area (Å²) in [5.74, 6) is 0. The van der Waals surface area contributed by atoms with Crippen LogP contribution in [0.3, 0.4) is 0 Å². The molecule has 0 nitrogen and oxygen atoms in total. The Bertz CT molecular complexity index is 11.6. The van der Waals surface area contributed by atoms with Crippen molar-refractivity contribution in [2.45, 2.75) is 7.43 Å². The Labute approximate surface area is 80.2 Å². The molecule has 0 saturated heterocycles. The third-order valence-electron chi connectivity index (χ3n) is 0. The van der Waals surface area contributed by atoms with E-state index < -0.39 is 0 Å². The fourth-order valence-corrected chi connectivity index (χ4v) is 0. The van der Waals surface area contributed by atoms with Gasteiger partial charge in [0.15, 0.2) is 17.4 Å². The van der Waals surface area contributed by atoms with Crippen LogP contribution in [0.4, 0.5) is 0 Å². The van der Waals surface area contributed by atoms with Gasteiger partial charge in [-0.2, -0.15) is 0 Å². The van der Waals surface area contributed by atoms with Gasteiger partial charge in [0.1, 0.15) is 0 Å². The first-order chi connectivity index (χ1) is 0. The average Bonchev–Trinajstić information content (AvgIpc) is 0. The molecule has 4 heteroatoms. The van der Waals surface area contributed by atoms with Crippen molar-refractivity contribution in [2.75, 3.05) is 0 Å². The molecule has 0 spiro atoms. The molecule has 0 rings (SSSR count). The molecule has 5 heavy (non-hydrogen) atoms. The largest absolute Gasteiger partial charge is 0.187 e. The molecule has 0 saturated carbocycles. The van der Waals surface area contributed by atoms with Crippen LogP contribution < -0.4 is 0 Å². The second kappa shape index (κ2) is 34.7. The van der Waals surface area contributed by atoms with Gasteiger partial charge in [0.2, 0.25) is 0 Å². The molecular weight excluding hydrogens is 189 g/mol. The second-order valence-corrected chi connectivity index (χ2v) is 0. The summed E-state index contributed by atoms with van der Waals surface area (Å²) in [7, 11) is 0. The van der Waals surface area contributed by atoms with Gasteiger partial charge in [0.25, 0.3) is 0 Å². The van der Waals surface area contributed by atoms with Crippen LogP contribution in [-0.4, -0.2) is 25.8 Å². The third-order valence-corrected chi connectivity index (χ3v) is 0. The Hall–Kier alpha value is 2.19. The molecule has 0 amide bonds. The molecule has 0 N–H and O–H groups in total. The zero-order valence-corrected chi connectivity index (χ0v) is 5.60. The summed E-state index contributed by atoms with van der Waals surface area (Å²) >= 11 is 0. The maximum Gasteiger partial charge on any atom is 0.187 e. The van der Waals surface area contributed by atoms with E-state index in [0.717, 1.165) is 0 Å². The van der Waals surface area contributed by atoms with Crippen molar-refractivity contribution in [3.63, 3.8) is 0 Å². The van der Waals surface area contributed by atoms with Gasteiger partial charge in [-0.1, -0.05) is 7.43 Å². The fourth-order valence-electron chi connectivity index (χ4n) is 0. The van der Waals surface area contributed by atoms with E-state index in [1.165, 1.54) is 0 Å². The molecule has 0 aliphatic carbocycles. The number of hydrogen-bond donors (Lipinski definition) is 0. The Balaban J connectivity index is 0. The normalized spacial score (nSPS) is 0. The Morgan fingerprint density at radius 1 is 1.00 bits per heavy atom. The average molecular weight is 196 g/mol. The summed E-state index contributed by atoms with van der Waals surface area (Å²) in [5, 5.41) is 0. The van der Waals surface area contributed by atoms with Crippen molar-refractivity contribution in [3.8, 4) is 0 Å². The molecule has 0 aromatic rings. The first-order valence-electron chi connectivity index (χ1n) is 0. The molecule has 25 valence electrons. The molecule has 3 radical (unpaired) electrons. The number of rotatable bonds is 0. The van der Waals surface area contributed by atoms with E-state index >= 15 is 0 Å². The van der Waals surface area contributed by atoms with Gasteiger partial charge in [0, 0.05) is 56.3 Å². The predicted octanol–water partition coefficient (Wildman–Crippen LogP) is -0.934. The van der Waals surface area contributed by atoms with E-state index in [1.807, 2.05) is 0 Å². The molecule has 0 aromatic heterocycles. The van der Waals surface area contributed by atoms with Crippen molar-refractivity contribution in [1.82, 2.24) is 0 Å². The summed E-state index contributed by atoms with van der Waals surface area (Å²) in [4.78, 5) is 0. The van der Waals surface area contributed by atoms with Crippen LogP contribution in [0.5, 0.6) is 0 Å². The van der Waals surface area contributed by atoms with Gasteiger partial charge >= 0.3 is 0 Å². The number of hydrogen-bond acceptors (Lipinski definition) is 0. The van der Waals surface area contributed by atoms with Crippen LogP contribution in [-0.2, 0) is 47.9 Å². The van der Waals surface area contributed by atoms with Gasteiger partial charge in [-0.25, -0.2) is 0 Å². The minimum atomic E-state index is 0. The molecule has 0 aromatic carbocycles. The maximum absolute atomic E-state index is 0. The van der Waals surface area contributed by atoms with E-state index in [1.54, 1.807) is 0 Å². The van der Waals surface area contributed by atoms with E-state index in [4.69, 9.17) is 0 Å². The molecule has 0 unspecified atom stereocenters.